The zero-order valence-electron chi connectivity index (χ0n) is 10.5. The predicted octanol–water partition coefficient (Wildman–Crippen LogP) is -0.778. The number of aromatic hydroxyl groups is 1. The van der Waals surface area contributed by atoms with Crippen LogP contribution in [0.3, 0.4) is 0 Å². The maximum absolute atomic E-state index is 11.7. The minimum absolute atomic E-state index is 0.198. The smallest absolute Gasteiger partial charge is 0.344 e. The Balaban J connectivity index is 2.55. The monoisotopic (exact) mass is 278 g/mol. The van der Waals surface area contributed by atoms with E-state index >= 15 is 0 Å². The lowest BCUT2D eigenvalue weighted by Gasteiger charge is -2.01. The second-order valence-electron chi connectivity index (χ2n) is 3.83. The van der Waals surface area contributed by atoms with E-state index < -0.39 is 23.1 Å². The number of carbonyl (C=O) groups is 1. The number of esters is 1. The van der Waals surface area contributed by atoms with Gasteiger partial charge in [-0.15, -0.1) is 0 Å². The van der Waals surface area contributed by atoms with Crippen molar-refractivity contribution in [3.05, 3.63) is 50.9 Å². The highest BCUT2D eigenvalue weighted by Gasteiger charge is 2.21. The van der Waals surface area contributed by atoms with Gasteiger partial charge in [-0.3, -0.25) is 14.8 Å². The molecule has 0 atom stereocenters. The number of carbonyl (C=O) groups excluding carboxylic acids is 1. The van der Waals surface area contributed by atoms with E-state index in [4.69, 9.17) is 4.74 Å². The van der Waals surface area contributed by atoms with E-state index in [0.717, 1.165) is 0 Å². The van der Waals surface area contributed by atoms with Crippen molar-refractivity contribution in [2.24, 2.45) is 0 Å². The first kappa shape index (κ1) is 13.5. The van der Waals surface area contributed by atoms with Crippen LogP contribution in [0.1, 0.15) is 17.3 Å². The molecule has 104 valence electrons. The Hall–Kier alpha value is -2.90. The van der Waals surface area contributed by atoms with Gasteiger partial charge in [0.25, 0.3) is 5.88 Å². The van der Waals surface area contributed by atoms with Gasteiger partial charge in [0.15, 0.2) is 12.4 Å². The summed E-state index contributed by atoms with van der Waals surface area (Å²) in [5, 5.41) is 9.65. The molecule has 0 unspecified atom stereocenters. The lowest BCUT2D eigenvalue weighted by Crippen LogP contribution is -2.40. The molecule has 0 aliphatic heterocycles. The van der Waals surface area contributed by atoms with Crippen LogP contribution in [0.15, 0.2) is 34.1 Å². The topological polar surface area (TPSA) is 116 Å². The van der Waals surface area contributed by atoms with Crippen LogP contribution < -0.4 is 15.8 Å². The van der Waals surface area contributed by atoms with E-state index in [9.17, 15) is 19.5 Å². The maximum Gasteiger partial charge on any atom is 0.344 e. The molecule has 2 aromatic heterocycles. The molecule has 0 amide bonds. The number of rotatable bonds is 3. The van der Waals surface area contributed by atoms with Gasteiger partial charge in [-0.2, -0.15) is 4.57 Å². The van der Waals surface area contributed by atoms with Crippen LogP contribution in [0, 0.1) is 0 Å². The Morgan fingerprint density at radius 3 is 2.80 bits per heavy atom. The summed E-state index contributed by atoms with van der Waals surface area (Å²) in [6, 6.07) is 3.02. The van der Waals surface area contributed by atoms with Gasteiger partial charge >= 0.3 is 22.9 Å². The van der Waals surface area contributed by atoms with Crippen LogP contribution in [-0.4, -0.2) is 27.7 Å². The SMILES string of the molecule is CCOC(=O)c1ccc[n+](-c2c(O)[nH]c(=O)[nH]c2=O)c1. The van der Waals surface area contributed by atoms with Gasteiger partial charge in [0.1, 0.15) is 5.56 Å². The first-order valence-electron chi connectivity index (χ1n) is 5.77. The van der Waals surface area contributed by atoms with Crippen LogP contribution in [-0.2, 0) is 4.74 Å². The standard InChI is InChI=1S/C12H11N3O5/c1-2-20-11(18)7-4-3-5-15(6-7)8-9(16)13-12(19)14-10(8)17/h3-6H,2H2,1H3,(H2-,13,14,16,17,19)/p+1. The normalized spacial score (nSPS) is 10.2. The number of ether oxygens (including phenoxy) is 1. The van der Waals surface area contributed by atoms with Crippen LogP contribution in [0.4, 0.5) is 0 Å². The van der Waals surface area contributed by atoms with Crippen molar-refractivity contribution in [1.82, 2.24) is 9.97 Å². The molecular formula is C12H12N3O5+. The van der Waals surface area contributed by atoms with Crippen molar-refractivity contribution >= 4 is 5.97 Å². The van der Waals surface area contributed by atoms with E-state index in [1.807, 2.05) is 4.98 Å². The van der Waals surface area contributed by atoms with E-state index in [1.54, 1.807) is 6.92 Å². The molecule has 0 saturated carbocycles. The third-order valence-electron chi connectivity index (χ3n) is 2.47. The predicted molar refractivity (Wildman–Crippen MR) is 66.8 cm³/mol. The average Bonchev–Trinajstić information content (AvgIpc) is 2.38. The second-order valence-corrected chi connectivity index (χ2v) is 3.83. The number of aromatic nitrogens is 3. The molecule has 0 aliphatic carbocycles. The van der Waals surface area contributed by atoms with E-state index in [0.29, 0.717) is 0 Å². The zero-order valence-corrected chi connectivity index (χ0v) is 10.5. The molecule has 0 aromatic carbocycles. The average molecular weight is 278 g/mol. The van der Waals surface area contributed by atoms with Gasteiger partial charge in [0.05, 0.1) is 6.61 Å². The molecule has 20 heavy (non-hydrogen) atoms. The maximum atomic E-state index is 11.7. The summed E-state index contributed by atoms with van der Waals surface area (Å²) in [5.41, 5.74) is -1.59. The summed E-state index contributed by atoms with van der Waals surface area (Å²) in [4.78, 5) is 38.4. The second kappa shape index (κ2) is 5.39. The molecule has 2 rings (SSSR count). The highest BCUT2D eigenvalue weighted by Crippen LogP contribution is 2.05. The first-order valence-corrected chi connectivity index (χ1v) is 5.77. The van der Waals surface area contributed by atoms with Crippen molar-refractivity contribution in [2.45, 2.75) is 6.92 Å². The Kier molecular flexibility index (Phi) is 3.65. The van der Waals surface area contributed by atoms with E-state index in [1.165, 1.54) is 29.1 Å². The molecule has 2 heterocycles. The van der Waals surface area contributed by atoms with Crippen molar-refractivity contribution in [2.75, 3.05) is 6.61 Å². The van der Waals surface area contributed by atoms with Gasteiger partial charge < -0.3 is 9.84 Å². The lowest BCUT2D eigenvalue weighted by molar-refractivity contribution is -0.597. The number of hydrogen-bond donors (Lipinski definition) is 3. The van der Waals surface area contributed by atoms with Crippen LogP contribution >= 0.6 is 0 Å². The highest BCUT2D eigenvalue weighted by molar-refractivity contribution is 5.88. The molecule has 0 spiro atoms. The molecule has 3 N–H and O–H groups in total. The Morgan fingerprint density at radius 2 is 2.15 bits per heavy atom. The minimum atomic E-state index is -0.821. The number of hydrogen-bond acceptors (Lipinski definition) is 5. The van der Waals surface area contributed by atoms with Gasteiger partial charge in [0.2, 0.25) is 0 Å². The fourth-order valence-corrected chi connectivity index (χ4v) is 1.66. The van der Waals surface area contributed by atoms with Crippen LogP contribution in [0.25, 0.3) is 5.69 Å². The minimum Gasteiger partial charge on any atom is -0.490 e. The highest BCUT2D eigenvalue weighted by atomic mass is 16.5. The molecule has 8 heteroatoms. The van der Waals surface area contributed by atoms with Gasteiger partial charge in [0, 0.05) is 6.07 Å². The molecule has 0 radical (unpaired) electrons. The fraction of sp³-hybridized carbons (Fsp3) is 0.167. The summed E-state index contributed by atoms with van der Waals surface area (Å²) in [6.45, 7) is 1.89. The van der Waals surface area contributed by atoms with Gasteiger partial charge in [-0.05, 0) is 13.0 Å². The molecule has 0 bridgehead atoms. The summed E-state index contributed by atoms with van der Waals surface area (Å²) in [5.74, 6) is -1.15. The zero-order chi connectivity index (χ0) is 14.7. The summed E-state index contributed by atoms with van der Waals surface area (Å²) >= 11 is 0. The van der Waals surface area contributed by atoms with E-state index in [-0.39, 0.29) is 17.9 Å². The largest absolute Gasteiger partial charge is 0.490 e. The lowest BCUT2D eigenvalue weighted by atomic mass is 10.3. The molecule has 0 fully saturated rings. The quantitative estimate of drug-likeness (QED) is 0.503. The number of aromatic amines is 2. The van der Waals surface area contributed by atoms with Crippen molar-refractivity contribution in [3.63, 3.8) is 0 Å². The Morgan fingerprint density at radius 1 is 1.40 bits per heavy atom. The number of nitrogens with zero attached hydrogens (tertiary/aromatic N) is 1. The summed E-state index contributed by atoms with van der Waals surface area (Å²) in [7, 11) is 0. The molecule has 0 aliphatic rings. The number of H-pyrrole nitrogens is 2. The third-order valence-corrected chi connectivity index (χ3v) is 2.47. The van der Waals surface area contributed by atoms with Crippen LogP contribution in [0.5, 0.6) is 5.88 Å². The molecular weight excluding hydrogens is 266 g/mol. The van der Waals surface area contributed by atoms with Crippen molar-refractivity contribution in [1.29, 1.82) is 0 Å². The third kappa shape index (κ3) is 2.58. The Bertz CT molecular complexity index is 762. The summed E-state index contributed by atoms with van der Waals surface area (Å²) in [6.07, 6.45) is 2.77. The van der Waals surface area contributed by atoms with E-state index in [2.05, 4.69) is 4.98 Å². The molecule has 8 nitrogen and oxygen atoms in total. The van der Waals surface area contributed by atoms with Crippen molar-refractivity contribution in [3.8, 4) is 11.6 Å². The van der Waals surface area contributed by atoms with Gasteiger partial charge in [-0.25, -0.2) is 9.59 Å². The number of nitrogens with one attached hydrogen (secondary N) is 2. The number of pyridine rings is 1. The van der Waals surface area contributed by atoms with Crippen LogP contribution in [0.2, 0.25) is 0 Å². The summed E-state index contributed by atoms with van der Waals surface area (Å²) < 4.78 is 6.06. The van der Waals surface area contributed by atoms with Gasteiger partial charge in [-0.1, -0.05) is 0 Å². The molecule has 2 aromatic rings. The fourth-order valence-electron chi connectivity index (χ4n) is 1.66. The first-order chi connectivity index (χ1) is 9.52. The Labute approximate surface area is 112 Å². The molecule has 0 saturated heterocycles. The van der Waals surface area contributed by atoms with Crippen molar-refractivity contribution < 1.29 is 19.2 Å².